The third-order valence-electron chi connectivity index (χ3n) is 4.19. The SMILES string of the molecule is COC(=O)C1=C(C)N(C)C(=S)NC1c1cc2c(cc1[N+](=O)[O-])OCO2. The summed E-state index contributed by atoms with van der Waals surface area (Å²) in [4.78, 5) is 24.9. The predicted octanol–water partition coefficient (Wildman–Crippen LogP) is 1.63. The summed E-state index contributed by atoms with van der Waals surface area (Å²) in [6, 6.07) is 1.93. The van der Waals surface area contributed by atoms with Crippen LogP contribution in [-0.2, 0) is 9.53 Å². The van der Waals surface area contributed by atoms with Gasteiger partial charge in [0.2, 0.25) is 6.79 Å². The molecule has 2 aliphatic rings. The molecule has 10 heteroatoms. The molecule has 2 aliphatic heterocycles. The van der Waals surface area contributed by atoms with Crippen LogP contribution in [-0.4, -0.2) is 41.9 Å². The summed E-state index contributed by atoms with van der Waals surface area (Å²) < 4.78 is 15.4. The number of hydrogen-bond donors (Lipinski definition) is 1. The summed E-state index contributed by atoms with van der Waals surface area (Å²) in [5.41, 5.74) is 0.820. The minimum atomic E-state index is -0.842. The summed E-state index contributed by atoms with van der Waals surface area (Å²) in [6.45, 7) is 1.68. The number of methoxy groups -OCH3 is 1. The molecule has 25 heavy (non-hydrogen) atoms. The molecule has 2 heterocycles. The Labute approximate surface area is 148 Å². The number of nitro benzene ring substituents is 1. The van der Waals surface area contributed by atoms with Gasteiger partial charge >= 0.3 is 5.97 Å². The Bertz CT molecular complexity index is 822. The van der Waals surface area contributed by atoms with Crippen LogP contribution in [0.25, 0.3) is 0 Å². The summed E-state index contributed by atoms with van der Waals surface area (Å²) in [5, 5.41) is 14.8. The quantitative estimate of drug-likeness (QED) is 0.370. The van der Waals surface area contributed by atoms with Crippen LogP contribution < -0.4 is 14.8 Å². The number of ether oxygens (including phenoxy) is 3. The van der Waals surface area contributed by atoms with Gasteiger partial charge in [-0.25, -0.2) is 4.79 Å². The van der Waals surface area contributed by atoms with Crippen molar-refractivity contribution in [1.82, 2.24) is 10.2 Å². The molecule has 0 radical (unpaired) electrons. The fraction of sp³-hybridized carbons (Fsp3) is 0.333. The summed E-state index contributed by atoms with van der Waals surface area (Å²) >= 11 is 5.27. The van der Waals surface area contributed by atoms with E-state index in [-0.39, 0.29) is 29.4 Å². The molecule has 1 aromatic rings. The second-order valence-corrected chi connectivity index (χ2v) is 5.84. The van der Waals surface area contributed by atoms with E-state index in [9.17, 15) is 14.9 Å². The van der Waals surface area contributed by atoms with Gasteiger partial charge in [0.05, 0.1) is 35.3 Å². The zero-order chi connectivity index (χ0) is 18.3. The molecule has 1 unspecified atom stereocenters. The van der Waals surface area contributed by atoms with Crippen molar-refractivity contribution in [2.45, 2.75) is 13.0 Å². The van der Waals surface area contributed by atoms with Crippen LogP contribution in [0, 0.1) is 10.1 Å². The normalized spacial score (nSPS) is 18.9. The van der Waals surface area contributed by atoms with Gasteiger partial charge in [-0.15, -0.1) is 0 Å². The molecular weight excluding hydrogens is 350 g/mol. The second kappa shape index (κ2) is 6.20. The van der Waals surface area contributed by atoms with E-state index < -0.39 is 16.9 Å². The first-order chi connectivity index (χ1) is 11.8. The van der Waals surface area contributed by atoms with E-state index in [4.69, 9.17) is 26.4 Å². The summed E-state index contributed by atoms with van der Waals surface area (Å²) in [5.74, 6) is 0.0525. The first kappa shape index (κ1) is 17.0. The van der Waals surface area contributed by atoms with Crippen LogP contribution in [0.4, 0.5) is 5.69 Å². The minimum Gasteiger partial charge on any atom is -0.466 e. The van der Waals surface area contributed by atoms with Gasteiger partial charge in [0, 0.05) is 12.7 Å². The molecule has 0 amide bonds. The first-order valence-electron chi connectivity index (χ1n) is 7.26. The van der Waals surface area contributed by atoms with Crippen molar-refractivity contribution < 1.29 is 23.9 Å². The predicted molar refractivity (Wildman–Crippen MR) is 90.2 cm³/mol. The maximum atomic E-state index is 12.3. The van der Waals surface area contributed by atoms with Crippen molar-refractivity contribution in [3.63, 3.8) is 0 Å². The van der Waals surface area contributed by atoms with E-state index >= 15 is 0 Å². The van der Waals surface area contributed by atoms with Crippen molar-refractivity contribution in [2.24, 2.45) is 0 Å². The Morgan fingerprint density at radius 1 is 1.44 bits per heavy atom. The van der Waals surface area contributed by atoms with Gasteiger partial charge in [0.25, 0.3) is 5.69 Å². The molecule has 1 aromatic carbocycles. The topological polar surface area (TPSA) is 103 Å². The zero-order valence-electron chi connectivity index (χ0n) is 13.7. The number of nitrogens with one attached hydrogen (secondary N) is 1. The number of allylic oxidation sites excluding steroid dienone is 1. The smallest absolute Gasteiger partial charge is 0.337 e. The van der Waals surface area contributed by atoms with Crippen LogP contribution in [0.3, 0.4) is 0 Å². The van der Waals surface area contributed by atoms with Crippen molar-refractivity contribution in [2.75, 3.05) is 21.0 Å². The van der Waals surface area contributed by atoms with E-state index in [1.54, 1.807) is 18.9 Å². The lowest BCUT2D eigenvalue weighted by Gasteiger charge is -2.35. The van der Waals surface area contributed by atoms with Crippen LogP contribution >= 0.6 is 12.2 Å². The summed E-state index contributed by atoms with van der Waals surface area (Å²) in [6.07, 6.45) is 0. The van der Waals surface area contributed by atoms with Crippen molar-refractivity contribution in [3.8, 4) is 11.5 Å². The van der Waals surface area contributed by atoms with Crippen molar-refractivity contribution in [3.05, 3.63) is 39.1 Å². The number of nitro groups is 1. The number of benzene rings is 1. The largest absolute Gasteiger partial charge is 0.466 e. The van der Waals surface area contributed by atoms with E-state index in [0.717, 1.165) is 0 Å². The van der Waals surface area contributed by atoms with E-state index in [2.05, 4.69) is 5.32 Å². The number of rotatable bonds is 3. The monoisotopic (exact) mass is 365 g/mol. The Balaban J connectivity index is 2.21. The number of carbonyl (C=O) groups is 1. The molecule has 0 fully saturated rings. The van der Waals surface area contributed by atoms with Gasteiger partial charge in [-0.1, -0.05) is 0 Å². The molecule has 3 rings (SSSR count). The Hall–Kier alpha value is -2.88. The summed E-state index contributed by atoms with van der Waals surface area (Å²) in [7, 11) is 2.94. The fourth-order valence-electron chi connectivity index (χ4n) is 2.78. The maximum absolute atomic E-state index is 12.3. The van der Waals surface area contributed by atoms with Crippen LogP contribution in [0.5, 0.6) is 11.5 Å². The number of esters is 1. The minimum absolute atomic E-state index is 0.0199. The molecular formula is C15H15N3O6S. The highest BCUT2D eigenvalue weighted by atomic mass is 32.1. The third-order valence-corrected chi connectivity index (χ3v) is 4.58. The molecule has 1 N–H and O–H groups in total. The lowest BCUT2D eigenvalue weighted by molar-refractivity contribution is -0.385. The van der Waals surface area contributed by atoms with Crippen molar-refractivity contribution in [1.29, 1.82) is 0 Å². The molecule has 9 nitrogen and oxygen atoms in total. The molecule has 0 saturated carbocycles. The second-order valence-electron chi connectivity index (χ2n) is 5.45. The highest BCUT2D eigenvalue weighted by Gasteiger charge is 2.38. The molecule has 0 spiro atoms. The molecule has 0 aromatic heterocycles. The molecule has 0 aliphatic carbocycles. The van der Waals surface area contributed by atoms with Crippen LogP contribution in [0.15, 0.2) is 23.4 Å². The van der Waals surface area contributed by atoms with Crippen molar-refractivity contribution >= 4 is 29.0 Å². The molecule has 0 saturated heterocycles. The van der Waals surface area contributed by atoms with Crippen LogP contribution in [0.1, 0.15) is 18.5 Å². The average molecular weight is 365 g/mol. The number of hydrogen-bond acceptors (Lipinski definition) is 7. The lowest BCUT2D eigenvalue weighted by Crippen LogP contribution is -2.46. The van der Waals surface area contributed by atoms with Gasteiger partial charge < -0.3 is 24.4 Å². The Kier molecular flexibility index (Phi) is 4.21. The zero-order valence-corrected chi connectivity index (χ0v) is 14.5. The molecule has 0 bridgehead atoms. The van der Waals surface area contributed by atoms with Gasteiger partial charge in [-0.05, 0) is 25.2 Å². The molecule has 132 valence electrons. The van der Waals surface area contributed by atoms with E-state index in [1.165, 1.54) is 19.2 Å². The van der Waals surface area contributed by atoms with E-state index in [1.807, 2.05) is 0 Å². The third kappa shape index (κ3) is 2.74. The number of thiocarbonyl (C=S) groups is 1. The van der Waals surface area contributed by atoms with Gasteiger partial charge in [-0.3, -0.25) is 10.1 Å². The molecule has 1 atom stereocenters. The first-order valence-corrected chi connectivity index (χ1v) is 7.67. The number of carbonyl (C=O) groups excluding carboxylic acids is 1. The van der Waals surface area contributed by atoms with Gasteiger partial charge in [0.1, 0.15) is 0 Å². The highest BCUT2D eigenvalue weighted by molar-refractivity contribution is 7.80. The Morgan fingerprint density at radius 2 is 2.08 bits per heavy atom. The maximum Gasteiger partial charge on any atom is 0.337 e. The van der Waals surface area contributed by atoms with Gasteiger partial charge in [0.15, 0.2) is 16.6 Å². The average Bonchev–Trinajstić information content (AvgIpc) is 3.05. The standard InChI is InChI=1S/C15H15N3O6S/c1-7-12(14(19)22-3)13(16-15(25)17(7)2)8-4-10-11(24-6-23-10)5-9(8)18(20)21/h4-5,13H,6H2,1-3H3,(H,16,25). The van der Waals surface area contributed by atoms with Gasteiger partial charge in [-0.2, -0.15) is 0 Å². The fourth-order valence-corrected chi connectivity index (χ4v) is 3.03. The number of nitrogens with zero attached hydrogens (tertiary/aromatic N) is 2. The highest BCUT2D eigenvalue weighted by Crippen LogP contribution is 2.43. The lowest BCUT2D eigenvalue weighted by atomic mass is 9.93. The Morgan fingerprint density at radius 3 is 2.68 bits per heavy atom. The number of fused-ring (bicyclic) bond motifs is 1. The van der Waals surface area contributed by atoms with E-state index in [0.29, 0.717) is 16.6 Å². The van der Waals surface area contributed by atoms with Crippen LogP contribution in [0.2, 0.25) is 0 Å².